The molecule has 32 heavy (non-hydrogen) atoms. The summed E-state index contributed by atoms with van der Waals surface area (Å²) in [5.74, 6) is 0.819. The molecular weight excluding hydrogens is 459 g/mol. The molecule has 1 saturated heterocycles. The number of nitrogens with zero attached hydrogens (tertiary/aromatic N) is 1. The van der Waals surface area contributed by atoms with Gasteiger partial charge in [-0.2, -0.15) is 0 Å². The summed E-state index contributed by atoms with van der Waals surface area (Å²) in [5, 5.41) is 6.80. The number of halogens is 2. The summed E-state index contributed by atoms with van der Waals surface area (Å²) in [5.41, 5.74) is 5.88. The number of hydrogen-bond donors (Lipinski definition) is 1. The fourth-order valence-corrected chi connectivity index (χ4v) is 7.24. The largest absolute Gasteiger partial charge is 0.353 e. The van der Waals surface area contributed by atoms with Crippen LogP contribution in [0.5, 0.6) is 0 Å². The minimum Gasteiger partial charge on any atom is -0.353 e. The van der Waals surface area contributed by atoms with Gasteiger partial charge in [-0.3, -0.25) is 4.79 Å². The highest BCUT2D eigenvalue weighted by molar-refractivity contribution is 7.07. The molecule has 2 fully saturated rings. The standard InChI is InChI=1S/C26H26Cl2N2OS/c1-3-26-11-10-20(19-9-6-17(12-21(19)28)22-13-32-14-29-22)23(16-4-7-18(27)8-5-16)24(26)15(2)30-25(26)31/h4-9,12-15,20,23-24H,3,10-11H2,1-2H3,(H,30,31)/t15-,20+,23+,24+,26-/m1/s1. The number of fused-ring (bicyclic) bond motifs is 1. The topological polar surface area (TPSA) is 42.0 Å². The monoisotopic (exact) mass is 484 g/mol. The molecule has 5 atom stereocenters. The average Bonchev–Trinajstić information content (AvgIpc) is 3.41. The molecule has 1 saturated carbocycles. The van der Waals surface area contributed by atoms with Gasteiger partial charge in [0.25, 0.3) is 0 Å². The maximum absolute atomic E-state index is 13.1. The molecular formula is C26H26Cl2N2OS. The van der Waals surface area contributed by atoms with Gasteiger partial charge in [0, 0.05) is 32.9 Å². The van der Waals surface area contributed by atoms with E-state index in [1.807, 2.05) is 29.1 Å². The lowest BCUT2D eigenvalue weighted by atomic mass is 9.54. The zero-order chi connectivity index (χ0) is 22.5. The molecule has 0 unspecified atom stereocenters. The van der Waals surface area contributed by atoms with Crippen molar-refractivity contribution in [2.45, 2.75) is 51.0 Å². The van der Waals surface area contributed by atoms with Crippen LogP contribution >= 0.6 is 34.5 Å². The highest BCUT2D eigenvalue weighted by Crippen LogP contribution is 2.60. The van der Waals surface area contributed by atoms with E-state index in [0.717, 1.165) is 46.1 Å². The second kappa shape index (κ2) is 8.48. The number of carbonyl (C=O) groups excluding carboxylic acids is 1. The molecule has 3 aromatic rings. The number of hydrogen-bond acceptors (Lipinski definition) is 3. The Hall–Kier alpha value is -1.88. The van der Waals surface area contributed by atoms with Gasteiger partial charge in [0.2, 0.25) is 5.91 Å². The third kappa shape index (κ3) is 3.48. The van der Waals surface area contributed by atoms with Crippen LogP contribution < -0.4 is 5.32 Å². The van der Waals surface area contributed by atoms with Crippen molar-refractivity contribution in [1.82, 2.24) is 10.3 Å². The molecule has 0 radical (unpaired) electrons. The van der Waals surface area contributed by atoms with Crippen molar-refractivity contribution in [3.63, 3.8) is 0 Å². The molecule has 5 rings (SSSR count). The van der Waals surface area contributed by atoms with Gasteiger partial charge in [-0.15, -0.1) is 11.3 Å². The van der Waals surface area contributed by atoms with Crippen molar-refractivity contribution in [2.24, 2.45) is 11.3 Å². The Kier molecular flexibility index (Phi) is 5.81. The third-order valence-electron chi connectivity index (χ3n) is 7.72. The predicted octanol–water partition coefficient (Wildman–Crippen LogP) is 7.31. The van der Waals surface area contributed by atoms with E-state index in [4.69, 9.17) is 23.2 Å². The van der Waals surface area contributed by atoms with Gasteiger partial charge in [0.1, 0.15) is 0 Å². The average molecular weight is 485 g/mol. The van der Waals surface area contributed by atoms with Crippen LogP contribution in [0.3, 0.4) is 0 Å². The molecule has 3 nitrogen and oxygen atoms in total. The number of amides is 1. The number of benzene rings is 2. The van der Waals surface area contributed by atoms with E-state index >= 15 is 0 Å². The molecule has 0 bridgehead atoms. The van der Waals surface area contributed by atoms with E-state index in [-0.39, 0.29) is 35.1 Å². The molecule has 1 N–H and O–H groups in total. The van der Waals surface area contributed by atoms with E-state index < -0.39 is 0 Å². The van der Waals surface area contributed by atoms with Crippen LogP contribution in [0.4, 0.5) is 0 Å². The SMILES string of the molecule is CC[C@@]12CC[C@@H](c3ccc(-c4cscn4)cc3Cl)[C@H](c3ccc(Cl)cc3)[C@@H]1[C@@H](C)NC2=O. The Balaban J connectivity index is 1.61. The summed E-state index contributed by atoms with van der Waals surface area (Å²) in [7, 11) is 0. The fourth-order valence-electron chi connectivity index (χ4n) is 6.24. The van der Waals surface area contributed by atoms with Crippen LogP contribution in [-0.2, 0) is 4.79 Å². The molecule has 1 amide bonds. The van der Waals surface area contributed by atoms with Gasteiger partial charge < -0.3 is 5.32 Å². The number of nitrogens with one attached hydrogen (secondary N) is 1. The summed E-state index contributed by atoms with van der Waals surface area (Å²) in [4.78, 5) is 17.5. The van der Waals surface area contributed by atoms with Gasteiger partial charge >= 0.3 is 0 Å². The molecule has 1 aromatic heterocycles. The molecule has 6 heteroatoms. The maximum Gasteiger partial charge on any atom is 0.226 e. The van der Waals surface area contributed by atoms with Crippen LogP contribution in [0.1, 0.15) is 56.1 Å². The quantitative estimate of drug-likeness (QED) is 0.421. The van der Waals surface area contributed by atoms with E-state index in [0.29, 0.717) is 0 Å². The second-order valence-corrected chi connectivity index (χ2v) is 10.7. The summed E-state index contributed by atoms with van der Waals surface area (Å²) < 4.78 is 0. The first kappa shape index (κ1) is 21.9. The number of thiazole rings is 1. The summed E-state index contributed by atoms with van der Waals surface area (Å²) in [6, 6.07) is 14.6. The summed E-state index contributed by atoms with van der Waals surface area (Å²) in [6.07, 6.45) is 2.65. The zero-order valence-corrected chi connectivity index (χ0v) is 20.5. The van der Waals surface area contributed by atoms with Crippen molar-refractivity contribution in [3.05, 3.63) is 74.5 Å². The minimum atomic E-state index is -0.326. The van der Waals surface area contributed by atoms with E-state index in [9.17, 15) is 4.79 Å². The predicted molar refractivity (Wildman–Crippen MR) is 133 cm³/mol. The van der Waals surface area contributed by atoms with Crippen LogP contribution in [0.15, 0.2) is 53.4 Å². The number of rotatable bonds is 4. The fraction of sp³-hybridized carbons (Fsp3) is 0.385. The molecule has 2 aliphatic rings. The van der Waals surface area contributed by atoms with Crippen LogP contribution in [0, 0.1) is 11.3 Å². The number of aromatic nitrogens is 1. The van der Waals surface area contributed by atoms with Gasteiger partial charge in [0.05, 0.1) is 16.6 Å². The summed E-state index contributed by atoms with van der Waals surface area (Å²) in [6.45, 7) is 4.30. The van der Waals surface area contributed by atoms with Crippen molar-refractivity contribution in [2.75, 3.05) is 0 Å². The lowest BCUT2D eigenvalue weighted by Crippen LogP contribution is -2.43. The van der Waals surface area contributed by atoms with Crippen molar-refractivity contribution in [3.8, 4) is 11.3 Å². The molecule has 2 heterocycles. The second-order valence-electron chi connectivity index (χ2n) is 9.13. The molecule has 166 valence electrons. The summed E-state index contributed by atoms with van der Waals surface area (Å²) >= 11 is 14.7. The third-order valence-corrected chi connectivity index (χ3v) is 8.89. The van der Waals surface area contributed by atoms with E-state index in [2.05, 4.69) is 48.4 Å². The lowest BCUT2D eigenvalue weighted by Gasteiger charge is -2.47. The molecule has 2 aromatic carbocycles. The lowest BCUT2D eigenvalue weighted by molar-refractivity contribution is -0.131. The van der Waals surface area contributed by atoms with Gasteiger partial charge in [0.15, 0.2) is 0 Å². The first-order valence-corrected chi connectivity index (χ1v) is 12.9. The van der Waals surface area contributed by atoms with Crippen molar-refractivity contribution < 1.29 is 4.79 Å². The number of carbonyl (C=O) groups is 1. The minimum absolute atomic E-state index is 0.110. The Labute approximate surface area is 203 Å². The molecule has 1 aliphatic heterocycles. The molecule has 1 aliphatic carbocycles. The highest BCUT2D eigenvalue weighted by Gasteiger charge is 2.59. The maximum atomic E-state index is 13.1. The van der Waals surface area contributed by atoms with Crippen molar-refractivity contribution >= 4 is 40.4 Å². The Morgan fingerprint density at radius 1 is 1.19 bits per heavy atom. The first-order chi connectivity index (χ1) is 15.4. The van der Waals surface area contributed by atoms with E-state index in [1.165, 1.54) is 5.56 Å². The van der Waals surface area contributed by atoms with E-state index in [1.54, 1.807) is 11.3 Å². The Morgan fingerprint density at radius 2 is 1.97 bits per heavy atom. The smallest absolute Gasteiger partial charge is 0.226 e. The molecule has 0 spiro atoms. The first-order valence-electron chi connectivity index (χ1n) is 11.2. The van der Waals surface area contributed by atoms with Crippen LogP contribution in [0.2, 0.25) is 10.0 Å². The van der Waals surface area contributed by atoms with Gasteiger partial charge in [-0.1, -0.05) is 54.4 Å². The zero-order valence-electron chi connectivity index (χ0n) is 18.1. The van der Waals surface area contributed by atoms with Crippen molar-refractivity contribution in [1.29, 1.82) is 0 Å². The van der Waals surface area contributed by atoms with Gasteiger partial charge in [-0.25, -0.2) is 4.98 Å². The Morgan fingerprint density at radius 3 is 2.62 bits per heavy atom. The van der Waals surface area contributed by atoms with Crippen LogP contribution in [0.25, 0.3) is 11.3 Å². The Bertz CT molecular complexity index is 1130. The van der Waals surface area contributed by atoms with Crippen LogP contribution in [-0.4, -0.2) is 16.9 Å². The van der Waals surface area contributed by atoms with Gasteiger partial charge in [-0.05, 0) is 67.3 Å². The normalized spacial score (nSPS) is 29.6. The highest BCUT2D eigenvalue weighted by atomic mass is 35.5.